The van der Waals surface area contributed by atoms with E-state index < -0.39 is 0 Å². The van der Waals surface area contributed by atoms with Crippen molar-refractivity contribution in [3.05, 3.63) is 0 Å². The van der Waals surface area contributed by atoms with Gasteiger partial charge in [0.1, 0.15) is 5.78 Å². The summed E-state index contributed by atoms with van der Waals surface area (Å²) >= 11 is 0. The smallest absolute Gasteiger partial charge is 0.302 e. The lowest BCUT2D eigenvalue weighted by Gasteiger charge is -1.89. The van der Waals surface area contributed by atoms with Gasteiger partial charge in [-0.05, 0) is 34.6 Å². The molecule has 0 heterocycles. The molecule has 0 atom stereocenters. The van der Waals surface area contributed by atoms with Gasteiger partial charge in [-0.15, -0.1) is 0 Å². The third kappa shape index (κ3) is 105. The lowest BCUT2D eigenvalue weighted by atomic mass is 10.6. The number of esters is 3. The Labute approximate surface area is 133 Å². The molecule has 0 aliphatic carbocycles. The molecular weight excluding hydrogens is 292 g/mol. The number of hydrogen-bond donors (Lipinski definition) is 0. The molecule has 7 heteroatoms. The maximum atomic E-state index is 9.82. The minimum atomic E-state index is -0.211. The fourth-order valence-corrected chi connectivity index (χ4v) is 0.610. The summed E-state index contributed by atoms with van der Waals surface area (Å²) in [5.41, 5.74) is 0. The van der Waals surface area contributed by atoms with Crippen molar-refractivity contribution in [2.24, 2.45) is 0 Å². The minimum Gasteiger partial charge on any atom is -0.466 e. The normalized spacial score (nSPS) is 7.45. The van der Waals surface area contributed by atoms with Crippen molar-refractivity contribution in [1.29, 1.82) is 0 Å². The van der Waals surface area contributed by atoms with Crippen LogP contribution in [0.4, 0.5) is 0 Å². The molecule has 0 fully saturated rings. The SMILES string of the molecule is CC(C)=O.CCOC(C)=O.CCOC(C)=O.CCOC(C)=O. The number of carbonyl (C=O) groups excluding carboxylic acids is 4. The molecule has 0 N–H and O–H groups in total. The number of ether oxygens (including phenoxy) is 3. The topological polar surface area (TPSA) is 96.0 Å². The average molecular weight is 322 g/mol. The van der Waals surface area contributed by atoms with Gasteiger partial charge in [-0.25, -0.2) is 0 Å². The first-order valence-electron chi connectivity index (χ1n) is 6.92. The fraction of sp³-hybridized carbons (Fsp3) is 0.733. The monoisotopic (exact) mass is 322 g/mol. The van der Waals surface area contributed by atoms with Gasteiger partial charge in [0.05, 0.1) is 19.8 Å². The molecule has 7 nitrogen and oxygen atoms in total. The average Bonchev–Trinajstić information content (AvgIpc) is 2.28. The number of carbonyl (C=O) groups is 4. The largest absolute Gasteiger partial charge is 0.466 e. The summed E-state index contributed by atoms with van der Waals surface area (Å²) in [7, 11) is 0. The van der Waals surface area contributed by atoms with Crippen LogP contribution in [0.2, 0.25) is 0 Å². The minimum absolute atomic E-state index is 0.167. The summed E-state index contributed by atoms with van der Waals surface area (Å²) in [6, 6.07) is 0. The van der Waals surface area contributed by atoms with Crippen LogP contribution < -0.4 is 0 Å². The van der Waals surface area contributed by atoms with E-state index in [4.69, 9.17) is 0 Å². The Hall–Kier alpha value is -1.92. The molecule has 0 aromatic carbocycles. The van der Waals surface area contributed by atoms with Crippen LogP contribution in [-0.4, -0.2) is 43.5 Å². The van der Waals surface area contributed by atoms with E-state index >= 15 is 0 Å². The molecule has 0 unspecified atom stereocenters. The van der Waals surface area contributed by atoms with Crippen molar-refractivity contribution in [3.8, 4) is 0 Å². The number of Topliss-reactive ketones (excluding diaryl/α,β-unsaturated/α-hetero) is 1. The molecule has 0 aliphatic heterocycles. The Balaban J connectivity index is -0.0000000994. The quantitative estimate of drug-likeness (QED) is 0.581. The highest BCUT2D eigenvalue weighted by Crippen LogP contribution is 1.70. The maximum Gasteiger partial charge on any atom is 0.302 e. The summed E-state index contributed by atoms with van der Waals surface area (Å²) in [6.45, 7) is 14.0. The lowest BCUT2D eigenvalue weighted by molar-refractivity contribution is -0.141. The summed E-state index contributed by atoms with van der Waals surface area (Å²) < 4.78 is 13.2. The highest BCUT2D eigenvalue weighted by molar-refractivity contribution is 5.72. The van der Waals surface area contributed by atoms with Gasteiger partial charge in [0.25, 0.3) is 0 Å². The Morgan fingerprint density at radius 2 is 0.682 bits per heavy atom. The van der Waals surface area contributed by atoms with E-state index in [0.29, 0.717) is 19.8 Å². The van der Waals surface area contributed by atoms with Crippen molar-refractivity contribution >= 4 is 23.7 Å². The van der Waals surface area contributed by atoms with Crippen LogP contribution in [0, 0.1) is 0 Å². The van der Waals surface area contributed by atoms with Crippen LogP contribution in [0.15, 0.2) is 0 Å². The van der Waals surface area contributed by atoms with Gasteiger partial charge in [-0.2, -0.15) is 0 Å². The Morgan fingerprint density at radius 3 is 0.682 bits per heavy atom. The van der Waals surface area contributed by atoms with Crippen LogP contribution in [-0.2, 0) is 33.4 Å². The Morgan fingerprint density at radius 1 is 0.545 bits per heavy atom. The van der Waals surface area contributed by atoms with Crippen molar-refractivity contribution in [1.82, 2.24) is 0 Å². The van der Waals surface area contributed by atoms with Gasteiger partial charge in [0.15, 0.2) is 0 Å². The molecule has 0 bridgehead atoms. The molecule has 0 aliphatic rings. The number of hydrogen-bond acceptors (Lipinski definition) is 7. The highest BCUT2D eigenvalue weighted by Gasteiger charge is 1.82. The van der Waals surface area contributed by atoms with Gasteiger partial charge in [0.2, 0.25) is 0 Å². The van der Waals surface area contributed by atoms with E-state index in [1.807, 2.05) is 0 Å². The second kappa shape index (κ2) is 24.1. The second-order valence-electron chi connectivity index (χ2n) is 3.68. The van der Waals surface area contributed by atoms with E-state index in [1.54, 1.807) is 20.8 Å². The van der Waals surface area contributed by atoms with Crippen LogP contribution >= 0.6 is 0 Å². The van der Waals surface area contributed by atoms with Crippen LogP contribution in [0.25, 0.3) is 0 Å². The summed E-state index contributed by atoms with van der Waals surface area (Å²) in [5.74, 6) is -0.465. The molecular formula is C15H30O7. The zero-order valence-corrected chi connectivity index (χ0v) is 15.0. The van der Waals surface area contributed by atoms with Crippen molar-refractivity contribution in [2.45, 2.75) is 55.4 Å². The van der Waals surface area contributed by atoms with Crippen LogP contribution in [0.1, 0.15) is 55.4 Å². The molecule has 0 spiro atoms. The maximum absolute atomic E-state index is 9.82. The van der Waals surface area contributed by atoms with Crippen LogP contribution in [0.5, 0.6) is 0 Å². The van der Waals surface area contributed by atoms with Gasteiger partial charge < -0.3 is 19.0 Å². The van der Waals surface area contributed by atoms with Gasteiger partial charge in [0, 0.05) is 20.8 Å². The summed E-state index contributed by atoms with van der Waals surface area (Å²) in [4.78, 5) is 38.9. The first-order valence-corrected chi connectivity index (χ1v) is 6.92. The molecule has 0 aromatic heterocycles. The summed E-state index contributed by atoms with van der Waals surface area (Å²) in [5, 5.41) is 0. The number of rotatable bonds is 3. The van der Waals surface area contributed by atoms with E-state index in [1.165, 1.54) is 34.6 Å². The predicted octanol–water partition coefficient (Wildman–Crippen LogP) is 2.30. The first kappa shape index (κ1) is 28.3. The molecule has 0 amide bonds. The third-order valence-corrected chi connectivity index (χ3v) is 1.04. The standard InChI is InChI=1S/3C4H8O2.C3H6O/c3*1-3-6-4(2)5;1-3(2)4/h3*3H2,1-2H3;1-2H3. The molecule has 0 rings (SSSR count). The van der Waals surface area contributed by atoms with Gasteiger partial charge in [-0.1, -0.05) is 0 Å². The van der Waals surface area contributed by atoms with E-state index in [0.717, 1.165) is 0 Å². The van der Waals surface area contributed by atoms with Crippen molar-refractivity contribution in [2.75, 3.05) is 19.8 Å². The molecule has 0 saturated heterocycles. The van der Waals surface area contributed by atoms with Gasteiger partial charge in [-0.3, -0.25) is 14.4 Å². The summed E-state index contributed by atoms with van der Waals surface area (Å²) in [6.07, 6.45) is 0. The second-order valence-corrected chi connectivity index (χ2v) is 3.68. The Bertz CT molecular complexity index is 256. The molecule has 132 valence electrons. The molecule has 0 aromatic rings. The molecule has 0 saturated carbocycles. The number of ketones is 1. The molecule has 0 radical (unpaired) electrons. The van der Waals surface area contributed by atoms with E-state index in [2.05, 4.69) is 14.2 Å². The fourth-order valence-electron chi connectivity index (χ4n) is 0.610. The van der Waals surface area contributed by atoms with E-state index in [-0.39, 0.29) is 23.7 Å². The zero-order valence-electron chi connectivity index (χ0n) is 15.0. The van der Waals surface area contributed by atoms with Crippen molar-refractivity contribution in [3.63, 3.8) is 0 Å². The van der Waals surface area contributed by atoms with Crippen LogP contribution in [0.3, 0.4) is 0 Å². The first-order chi connectivity index (χ1) is 10.0. The predicted molar refractivity (Wildman–Crippen MR) is 83.3 cm³/mol. The zero-order chi connectivity index (χ0) is 18.6. The third-order valence-electron chi connectivity index (χ3n) is 1.04. The van der Waals surface area contributed by atoms with E-state index in [9.17, 15) is 19.2 Å². The molecule has 22 heavy (non-hydrogen) atoms. The Kier molecular flexibility index (Phi) is 31.0. The highest BCUT2D eigenvalue weighted by atomic mass is 16.5. The van der Waals surface area contributed by atoms with Gasteiger partial charge >= 0.3 is 17.9 Å². The lowest BCUT2D eigenvalue weighted by Crippen LogP contribution is -1.95. The van der Waals surface area contributed by atoms with Crippen molar-refractivity contribution < 1.29 is 33.4 Å².